The maximum atomic E-state index is 5.85. The van der Waals surface area contributed by atoms with Gasteiger partial charge in [-0.15, -0.1) is 0 Å². The number of hydrogen-bond donors (Lipinski definition) is 1. The van der Waals surface area contributed by atoms with E-state index in [0.717, 1.165) is 12.8 Å². The predicted octanol–water partition coefficient (Wildman–Crippen LogP) is 1.66. The van der Waals surface area contributed by atoms with Crippen molar-refractivity contribution in [1.29, 1.82) is 0 Å². The largest absolute Gasteiger partial charge is 0.307 e. The van der Waals surface area contributed by atoms with Crippen LogP contribution in [0.2, 0.25) is 0 Å². The van der Waals surface area contributed by atoms with Crippen molar-refractivity contribution < 1.29 is 0 Å². The van der Waals surface area contributed by atoms with E-state index in [2.05, 4.69) is 16.0 Å². The van der Waals surface area contributed by atoms with E-state index >= 15 is 0 Å². The van der Waals surface area contributed by atoms with Crippen molar-refractivity contribution in [3.8, 4) is 0 Å². The average Bonchev–Trinajstić information content (AvgIpc) is 2.05. The number of aliphatic imine (C=N–C) groups is 2. The molecule has 0 aromatic carbocycles. The van der Waals surface area contributed by atoms with Crippen molar-refractivity contribution >= 4 is 6.01 Å². The first-order valence-electron chi connectivity index (χ1n) is 4.10. The van der Waals surface area contributed by atoms with Crippen molar-refractivity contribution in [2.45, 2.75) is 39.3 Å². The van der Waals surface area contributed by atoms with Crippen LogP contribution in [-0.2, 0) is 0 Å². The first-order chi connectivity index (χ1) is 5.18. The molecule has 0 aliphatic rings. The molecule has 0 rings (SSSR count). The summed E-state index contributed by atoms with van der Waals surface area (Å²) in [5.74, 6) is 0. The van der Waals surface area contributed by atoms with Gasteiger partial charge in [0.25, 0.3) is 0 Å². The van der Waals surface area contributed by atoms with E-state index in [1.165, 1.54) is 0 Å². The fourth-order valence-electron chi connectivity index (χ4n) is 0.614. The lowest BCUT2D eigenvalue weighted by atomic mass is 10.1. The summed E-state index contributed by atoms with van der Waals surface area (Å²) in [6.45, 7) is 6.69. The molecule has 0 aliphatic carbocycles. The van der Waals surface area contributed by atoms with Gasteiger partial charge in [0.2, 0.25) is 0 Å². The summed E-state index contributed by atoms with van der Waals surface area (Å²) in [4.78, 5) is 7.90. The quantitative estimate of drug-likeness (QED) is 0.617. The zero-order valence-corrected chi connectivity index (χ0v) is 7.59. The van der Waals surface area contributed by atoms with Gasteiger partial charge >= 0.3 is 0 Å². The molecule has 0 saturated heterocycles. The molecular formula is C8H17N3. The van der Waals surface area contributed by atoms with Gasteiger partial charge < -0.3 is 5.73 Å². The van der Waals surface area contributed by atoms with Crippen molar-refractivity contribution in [2.75, 3.05) is 6.54 Å². The van der Waals surface area contributed by atoms with Crippen LogP contribution >= 0.6 is 0 Å². The van der Waals surface area contributed by atoms with Crippen LogP contribution in [0.3, 0.4) is 0 Å². The van der Waals surface area contributed by atoms with Crippen LogP contribution in [0, 0.1) is 0 Å². The fraction of sp³-hybridized carbons (Fsp3) is 0.875. The SMILES string of the molecule is CCN=C=NC(N)(CC)CC. The fourth-order valence-corrected chi connectivity index (χ4v) is 0.614. The Morgan fingerprint density at radius 2 is 1.82 bits per heavy atom. The molecule has 0 heterocycles. The third-order valence-electron chi connectivity index (χ3n) is 1.73. The molecule has 0 saturated carbocycles. The van der Waals surface area contributed by atoms with Gasteiger partial charge in [-0.2, -0.15) is 0 Å². The molecule has 3 nitrogen and oxygen atoms in total. The number of hydrogen-bond acceptors (Lipinski definition) is 3. The second kappa shape index (κ2) is 5.05. The molecule has 0 unspecified atom stereocenters. The molecule has 0 fully saturated rings. The third-order valence-corrected chi connectivity index (χ3v) is 1.73. The summed E-state index contributed by atoms with van der Waals surface area (Å²) in [5.41, 5.74) is 5.40. The minimum absolute atomic E-state index is 0.446. The van der Waals surface area contributed by atoms with E-state index in [9.17, 15) is 0 Å². The van der Waals surface area contributed by atoms with E-state index in [-0.39, 0.29) is 0 Å². The van der Waals surface area contributed by atoms with Crippen LogP contribution in [0.4, 0.5) is 0 Å². The molecule has 64 valence electrons. The normalized spacial score (nSPS) is 10.5. The van der Waals surface area contributed by atoms with Gasteiger partial charge in [-0.3, -0.25) is 0 Å². The highest BCUT2D eigenvalue weighted by molar-refractivity contribution is 5.42. The highest BCUT2D eigenvalue weighted by Crippen LogP contribution is 2.10. The monoisotopic (exact) mass is 155 g/mol. The van der Waals surface area contributed by atoms with Gasteiger partial charge in [-0.25, -0.2) is 9.98 Å². The maximum Gasteiger partial charge on any atom is 0.118 e. The second-order valence-corrected chi connectivity index (χ2v) is 2.50. The number of nitrogens with two attached hydrogens (primary N) is 1. The minimum atomic E-state index is -0.446. The van der Waals surface area contributed by atoms with Gasteiger partial charge in [-0.05, 0) is 19.8 Å². The summed E-state index contributed by atoms with van der Waals surface area (Å²) >= 11 is 0. The summed E-state index contributed by atoms with van der Waals surface area (Å²) < 4.78 is 0. The van der Waals surface area contributed by atoms with E-state index in [4.69, 9.17) is 5.73 Å². The lowest BCUT2D eigenvalue weighted by Gasteiger charge is -2.18. The van der Waals surface area contributed by atoms with Crippen LogP contribution in [-0.4, -0.2) is 18.2 Å². The average molecular weight is 155 g/mol. The van der Waals surface area contributed by atoms with Crippen LogP contribution in [0.25, 0.3) is 0 Å². The van der Waals surface area contributed by atoms with Crippen LogP contribution in [0.1, 0.15) is 33.6 Å². The van der Waals surface area contributed by atoms with Crippen molar-refractivity contribution in [2.24, 2.45) is 15.7 Å². The second-order valence-electron chi connectivity index (χ2n) is 2.50. The summed E-state index contributed by atoms with van der Waals surface area (Å²) in [6.07, 6.45) is 1.66. The number of rotatable bonds is 4. The Morgan fingerprint density at radius 1 is 1.27 bits per heavy atom. The summed E-state index contributed by atoms with van der Waals surface area (Å²) in [7, 11) is 0. The van der Waals surface area contributed by atoms with E-state index < -0.39 is 5.66 Å². The molecule has 2 N–H and O–H groups in total. The Hall–Kier alpha value is -0.660. The smallest absolute Gasteiger partial charge is 0.118 e. The van der Waals surface area contributed by atoms with Gasteiger partial charge in [0.1, 0.15) is 5.66 Å². The Labute approximate surface area is 68.4 Å². The molecule has 0 spiro atoms. The standard InChI is InChI=1S/C8H17N3/c1-4-8(9,5-2)11-7-10-6-3/h4-6,9H2,1-3H3. The number of nitrogens with zero attached hydrogens (tertiary/aromatic N) is 2. The Kier molecular flexibility index (Phi) is 4.75. The van der Waals surface area contributed by atoms with Gasteiger partial charge in [0.15, 0.2) is 0 Å². The Bertz CT molecular complexity index is 153. The molecule has 0 radical (unpaired) electrons. The van der Waals surface area contributed by atoms with Gasteiger partial charge in [0, 0.05) is 6.54 Å². The van der Waals surface area contributed by atoms with Crippen molar-refractivity contribution in [3.05, 3.63) is 0 Å². The molecule has 3 heteroatoms. The van der Waals surface area contributed by atoms with Gasteiger partial charge in [-0.1, -0.05) is 13.8 Å². The molecule has 0 aliphatic heterocycles. The topological polar surface area (TPSA) is 50.7 Å². The van der Waals surface area contributed by atoms with Gasteiger partial charge in [0.05, 0.1) is 6.01 Å². The summed E-state index contributed by atoms with van der Waals surface area (Å²) in [6, 6.07) is 2.60. The first-order valence-corrected chi connectivity index (χ1v) is 4.10. The zero-order valence-electron chi connectivity index (χ0n) is 7.59. The van der Waals surface area contributed by atoms with Crippen LogP contribution in [0.15, 0.2) is 9.98 Å². The molecule has 0 amide bonds. The van der Waals surface area contributed by atoms with Crippen LogP contribution < -0.4 is 5.73 Å². The van der Waals surface area contributed by atoms with E-state index in [1.54, 1.807) is 0 Å². The summed E-state index contributed by atoms with van der Waals surface area (Å²) in [5, 5.41) is 0. The molecule has 0 aromatic heterocycles. The minimum Gasteiger partial charge on any atom is -0.307 e. The van der Waals surface area contributed by atoms with Crippen molar-refractivity contribution in [1.82, 2.24) is 0 Å². The highest BCUT2D eigenvalue weighted by atomic mass is 15.0. The predicted molar refractivity (Wildman–Crippen MR) is 47.9 cm³/mol. The molecule has 0 aromatic rings. The molecular weight excluding hydrogens is 138 g/mol. The highest BCUT2D eigenvalue weighted by Gasteiger charge is 2.16. The first kappa shape index (κ1) is 10.3. The zero-order chi connectivity index (χ0) is 8.74. The maximum absolute atomic E-state index is 5.85. The lowest BCUT2D eigenvalue weighted by molar-refractivity contribution is 0.418. The molecule has 0 bridgehead atoms. The van der Waals surface area contributed by atoms with Crippen molar-refractivity contribution in [3.63, 3.8) is 0 Å². The Balaban J connectivity index is 4.17. The van der Waals surface area contributed by atoms with E-state index in [1.807, 2.05) is 20.8 Å². The molecule has 0 atom stereocenters. The van der Waals surface area contributed by atoms with E-state index in [0.29, 0.717) is 6.54 Å². The molecule has 11 heavy (non-hydrogen) atoms. The van der Waals surface area contributed by atoms with Crippen LogP contribution in [0.5, 0.6) is 0 Å². The lowest BCUT2D eigenvalue weighted by Crippen LogP contribution is -2.35. The Morgan fingerprint density at radius 3 is 2.18 bits per heavy atom. The third kappa shape index (κ3) is 3.91.